The maximum absolute atomic E-state index is 12.2. The molecule has 0 aliphatic rings. The fraction of sp³-hybridized carbons (Fsp3) is 0.333. The topological polar surface area (TPSA) is 101 Å². The van der Waals surface area contributed by atoms with Crippen LogP contribution in [0.25, 0.3) is 0 Å². The van der Waals surface area contributed by atoms with Gasteiger partial charge in [0.1, 0.15) is 11.3 Å². The quantitative estimate of drug-likeness (QED) is 0.566. The molecule has 1 amide bonds. The maximum Gasteiger partial charge on any atom is 0.339 e. The van der Waals surface area contributed by atoms with E-state index >= 15 is 0 Å². The SMILES string of the molecule is COc1cc(NC(=O)CCc2c(C)nc(SC)nc2C)ccc1C(=O)O. The lowest BCUT2D eigenvalue weighted by Crippen LogP contribution is -2.14. The molecule has 1 aromatic heterocycles. The molecule has 0 spiro atoms. The lowest BCUT2D eigenvalue weighted by atomic mass is 10.1. The molecule has 0 aliphatic carbocycles. The molecule has 0 saturated carbocycles. The van der Waals surface area contributed by atoms with Crippen LogP contribution in [0, 0.1) is 13.8 Å². The van der Waals surface area contributed by atoms with Gasteiger partial charge in [-0.05, 0) is 44.2 Å². The van der Waals surface area contributed by atoms with Gasteiger partial charge in [0.2, 0.25) is 5.91 Å². The molecule has 138 valence electrons. The summed E-state index contributed by atoms with van der Waals surface area (Å²) in [5.41, 5.74) is 3.25. The van der Waals surface area contributed by atoms with E-state index in [0.29, 0.717) is 12.1 Å². The minimum Gasteiger partial charge on any atom is -0.496 e. The van der Waals surface area contributed by atoms with Gasteiger partial charge in [0.05, 0.1) is 7.11 Å². The van der Waals surface area contributed by atoms with Crippen LogP contribution in [-0.2, 0) is 11.2 Å². The summed E-state index contributed by atoms with van der Waals surface area (Å²) in [6.07, 6.45) is 2.72. The third-order valence-electron chi connectivity index (χ3n) is 3.90. The number of aromatic nitrogens is 2. The molecule has 2 aromatic rings. The van der Waals surface area contributed by atoms with Crippen molar-refractivity contribution in [2.75, 3.05) is 18.7 Å². The molecule has 0 saturated heterocycles. The van der Waals surface area contributed by atoms with Crippen LogP contribution in [0.2, 0.25) is 0 Å². The van der Waals surface area contributed by atoms with Gasteiger partial charge < -0.3 is 15.2 Å². The molecule has 1 heterocycles. The average Bonchev–Trinajstić information content (AvgIpc) is 2.60. The van der Waals surface area contributed by atoms with Gasteiger partial charge in [-0.25, -0.2) is 14.8 Å². The number of methoxy groups -OCH3 is 1. The zero-order chi connectivity index (χ0) is 19.3. The summed E-state index contributed by atoms with van der Waals surface area (Å²) >= 11 is 1.48. The second kappa shape index (κ2) is 8.66. The Kier molecular flexibility index (Phi) is 6.57. The number of aryl methyl sites for hydroxylation is 2. The molecule has 2 rings (SSSR count). The van der Waals surface area contributed by atoms with Crippen LogP contribution >= 0.6 is 11.8 Å². The number of aromatic carboxylic acids is 1. The number of carboxylic acid groups (broad SMARTS) is 1. The van der Waals surface area contributed by atoms with Crippen molar-refractivity contribution in [3.05, 3.63) is 40.7 Å². The first-order valence-corrected chi connectivity index (χ1v) is 9.17. The van der Waals surface area contributed by atoms with Gasteiger partial charge in [0.15, 0.2) is 5.16 Å². The number of thioether (sulfide) groups is 1. The predicted octanol–water partition coefficient (Wildman–Crippen LogP) is 3.09. The van der Waals surface area contributed by atoms with Crippen LogP contribution in [-0.4, -0.2) is 40.3 Å². The summed E-state index contributed by atoms with van der Waals surface area (Å²) in [6, 6.07) is 4.44. The van der Waals surface area contributed by atoms with E-state index in [2.05, 4.69) is 15.3 Å². The molecular weight excluding hydrogens is 354 g/mol. The number of carboxylic acids is 1. The summed E-state index contributed by atoms with van der Waals surface area (Å²) in [6.45, 7) is 3.83. The highest BCUT2D eigenvalue weighted by Crippen LogP contribution is 2.23. The zero-order valence-corrected chi connectivity index (χ0v) is 15.9. The Hall–Kier alpha value is -2.61. The Morgan fingerprint density at radius 3 is 2.42 bits per heavy atom. The van der Waals surface area contributed by atoms with E-state index in [4.69, 9.17) is 9.84 Å². The Morgan fingerprint density at radius 1 is 1.23 bits per heavy atom. The van der Waals surface area contributed by atoms with Crippen molar-refractivity contribution < 1.29 is 19.4 Å². The summed E-state index contributed by atoms with van der Waals surface area (Å²) in [5, 5.41) is 12.6. The van der Waals surface area contributed by atoms with Gasteiger partial charge in [-0.15, -0.1) is 0 Å². The molecular formula is C18H21N3O4S. The third-order valence-corrected chi connectivity index (χ3v) is 4.45. The van der Waals surface area contributed by atoms with Gasteiger partial charge in [-0.2, -0.15) is 0 Å². The number of benzene rings is 1. The van der Waals surface area contributed by atoms with Crippen molar-refractivity contribution in [1.82, 2.24) is 9.97 Å². The molecule has 0 unspecified atom stereocenters. The van der Waals surface area contributed by atoms with E-state index in [9.17, 15) is 9.59 Å². The van der Waals surface area contributed by atoms with E-state index in [1.807, 2.05) is 20.1 Å². The average molecular weight is 375 g/mol. The first-order chi connectivity index (χ1) is 12.3. The van der Waals surface area contributed by atoms with Gasteiger partial charge in [0, 0.05) is 29.6 Å². The summed E-state index contributed by atoms with van der Waals surface area (Å²) in [5.74, 6) is -1.06. The lowest BCUT2D eigenvalue weighted by Gasteiger charge is -2.11. The fourth-order valence-corrected chi connectivity index (χ4v) is 3.03. The molecule has 0 aliphatic heterocycles. The lowest BCUT2D eigenvalue weighted by molar-refractivity contribution is -0.116. The van der Waals surface area contributed by atoms with Crippen molar-refractivity contribution in [2.45, 2.75) is 31.8 Å². The van der Waals surface area contributed by atoms with Gasteiger partial charge in [-0.1, -0.05) is 11.8 Å². The van der Waals surface area contributed by atoms with E-state index in [1.165, 1.54) is 37.1 Å². The first-order valence-electron chi connectivity index (χ1n) is 7.95. The van der Waals surface area contributed by atoms with Gasteiger partial charge in [-0.3, -0.25) is 4.79 Å². The maximum atomic E-state index is 12.2. The summed E-state index contributed by atoms with van der Waals surface area (Å²) in [7, 11) is 1.39. The Morgan fingerprint density at radius 2 is 1.88 bits per heavy atom. The third kappa shape index (κ3) is 4.72. The first kappa shape index (κ1) is 19.7. The van der Waals surface area contributed by atoms with E-state index < -0.39 is 5.97 Å². The molecule has 0 bridgehead atoms. The smallest absolute Gasteiger partial charge is 0.339 e. The number of rotatable bonds is 7. The van der Waals surface area contributed by atoms with E-state index in [-0.39, 0.29) is 23.6 Å². The van der Waals surface area contributed by atoms with Crippen molar-refractivity contribution in [2.24, 2.45) is 0 Å². The summed E-state index contributed by atoms with van der Waals surface area (Å²) < 4.78 is 5.06. The Bertz CT molecular complexity index is 816. The number of anilines is 1. The monoisotopic (exact) mass is 375 g/mol. The highest BCUT2D eigenvalue weighted by Gasteiger charge is 2.14. The van der Waals surface area contributed by atoms with Gasteiger partial charge >= 0.3 is 5.97 Å². The second-order valence-corrected chi connectivity index (χ2v) is 6.40. The number of hydrogen-bond donors (Lipinski definition) is 2. The molecule has 8 heteroatoms. The Labute approximate surface area is 156 Å². The second-order valence-electron chi connectivity index (χ2n) is 5.63. The van der Waals surface area contributed by atoms with Crippen LogP contribution in [0.15, 0.2) is 23.4 Å². The minimum atomic E-state index is -1.08. The molecule has 1 aromatic carbocycles. The highest BCUT2D eigenvalue weighted by molar-refractivity contribution is 7.98. The van der Waals surface area contributed by atoms with E-state index in [1.54, 1.807) is 0 Å². The molecule has 0 radical (unpaired) electrons. The van der Waals surface area contributed by atoms with Gasteiger partial charge in [0.25, 0.3) is 0 Å². The van der Waals surface area contributed by atoms with Crippen LogP contribution in [0.4, 0.5) is 5.69 Å². The number of amides is 1. The largest absolute Gasteiger partial charge is 0.496 e. The minimum absolute atomic E-state index is 0.0442. The number of hydrogen-bond acceptors (Lipinski definition) is 6. The normalized spacial score (nSPS) is 10.5. The number of carbonyl (C=O) groups is 2. The summed E-state index contributed by atoms with van der Waals surface area (Å²) in [4.78, 5) is 32.2. The van der Waals surface area contributed by atoms with Crippen LogP contribution in [0.1, 0.15) is 33.7 Å². The molecule has 0 atom stereocenters. The van der Waals surface area contributed by atoms with Crippen molar-refractivity contribution in [3.63, 3.8) is 0 Å². The van der Waals surface area contributed by atoms with Crippen molar-refractivity contribution >= 4 is 29.3 Å². The molecule has 0 fully saturated rings. The standard InChI is InChI=1S/C18H21N3O4S/c1-10-13(11(2)20-18(19-10)26-4)7-8-16(22)21-12-5-6-14(17(23)24)15(9-12)25-3/h5-6,9H,7-8H2,1-4H3,(H,21,22)(H,23,24). The van der Waals surface area contributed by atoms with Crippen molar-refractivity contribution in [1.29, 1.82) is 0 Å². The molecule has 2 N–H and O–H groups in total. The number of nitrogens with zero attached hydrogens (tertiary/aromatic N) is 2. The number of ether oxygens (including phenoxy) is 1. The van der Waals surface area contributed by atoms with E-state index in [0.717, 1.165) is 22.1 Å². The van der Waals surface area contributed by atoms with Crippen LogP contribution in [0.5, 0.6) is 5.75 Å². The zero-order valence-electron chi connectivity index (χ0n) is 15.1. The number of carbonyl (C=O) groups excluding carboxylic acids is 1. The van der Waals surface area contributed by atoms with Crippen LogP contribution in [0.3, 0.4) is 0 Å². The highest BCUT2D eigenvalue weighted by atomic mass is 32.2. The van der Waals surface area contributed by atoms with Crippen molar-refractivity contribution in [3.8, 4) is 5.75 Å². The Balaban J connectivity index is 2.05. The van der Waals surface area contributed by atoms with Crippen LogP contribution < -0.4 is 10.1 Å². The molecule has 26 heavy (non-hydrogen) atoms. The number of nitrogens with one attached hydrogen (secondary N) is 1. The predicted molar refractivity (Wildman–Crippen MR) is 100 cm³/mol. The fourth-order valence-electron chi connectivity index (χ4n) is 2.57. The molecule has 7 nitrogen and oxygen atoms in total.